The standard InChI is InChI=1S/C11H9N3OS/c15-11(10-5-3-7-16-10)14-13-8-9-4-1-2-6-12-9/h1-8H,(H,14,15)/b13-8-. The molecule has 0 bridgehead atoms. The smallest absolute Gasteiger partial charge is 0.266 e. The summed E-state index contributed by atoms with van der Waals surface area (Å²) in [5.74, 6) is -0.206. The minimum absolute atomic E-state index is 0.206. The summed E-state index contributed by atoms with van der Waals surface area (Å²) >= 11 is 1.38. The molecule has 0 aliphatic rings. The third kappa shape index (κ3) is 2.74. The monoisotopic (exact) mass is 231 g/mol. The Bertz CT molecular complexity index is 479. The van der Waals surface area contributed by atoms with Crippen LogP contribution in [0.1, 0.15) is 15.4 Å². The number of hydrazone groups is 1. The van der Waals surface area contributed by atoms with Crippen molar-refractivity contribution in [1.82, 2.24) is 10.4 Å². The molecule has 2 heterocycles. The van der Waals surface area contributed by atoms with Gasteiger partial charge in [0.2, 0.25) is 0 Å². The molecule has 1 amide bonds. The molecule has 16 heavy (non-hydrogen) atoms. The minimum atomic E-state index is -0.206. The molecule has 0 unspecified atom stereocenters. The van der Waals surface area contributed by atoms with Crippen molar-refractivity contribution in [3.63, 3.8) is 0 Å². The Morgan fingerprint density at radius 2 is 2.31 bits per heavy atom. The van der Waals surface area contributed by atoms with Crippen LogP contribution in [0.25, 0.3) is 0 Å². The number of hydrogen-bond acceptors (Lipinski definition) is 4. The summed E-state index contributed by atoms with van der Waals surface area (Å²) in [5, 5.41) is 5.66. The minimum Gasteiger partial charge on any atom is -0.266 e. The highest BCUT2D eigenvalue weighted by molar-refractivity contribution is 7.12. The first-order valence-electron chi connectivity index (χ1n) is 4.64. The van der Waals surface area contributed by atoms with E-state index < -0.39 is 0 Å². The number of amides is 1. The number of hydrogen-bond donors (Lipinski definition) is 1. The van der Waals surface area contributed by atoms with Crippen LogP contribution < -0.4 is 5.43 Å². The third-order valence-corrected chi connectivity index (χ3v) is 2.66. The molecule has 0 radical (unpaired) electrons. The van der Waals surface area contributed by atoms with Gasteiger partial charge in [-0.25, -0.2) is 5.43 Å². The normalized spacial score (nSPS) is 10.5. The SMILES string of the molecule is O=C(N/N=C\c1ccccn1)c1cccs1. The van der Waals surface area contributed by atoms with Crippen LogP contribution in [0.5, 0.6) is 0 Å². The summed E-state index contributed by atoms with van der Waals surface area (Å²) < 4.78 is 0. The summed E-state index contributed by atoms with van der Waals surface area (Å²) in [6, 6.07) is 9.05. The predicted molar refractivity (Wildman–Crippen MR) is 63.6 cm³/mol. The molecule has 2 aromatic rings. The Morgan fingerprint density at radius 3 is 3.00 bits per heavy atom. The fourth-order valence-electron chi connectivity index (χ4n) is 1.07. The number of aromatic nitrogens is 1. The van der Waals surface area contributed by atoms with Crippen LogP contribution >= 0.6 is 11.3 Å². The molecule has 0 fully saturated rings. The predicted octanol–water partition coefficient (Wildman–Crippen LogP) is 1.91. The molecule has 2 aromatic heterocycles. The lowest BCUT2D eigenvalue weighted by Gasteiger charge is -1.94. The van der Waals surface area contributed by atoms with Crippen LogP contribution in [-0.4, -0.2) is 17.1 Å². The van der Waals surface area contributed by atoms with Gasteiger partial charge in [0.15, 0.2) is 0 Å². The van der Waals surface area contributed by atoms with Gasteiger partial charge in [-0.2, -0.15) is 5.10 Å². The molecule has 0 atom stereocenters. The molecular weight excluding hydrogens is 222 g/mol. The van der Waals surface area contributed by atoms with Crippen LogP contribution in [-0.2, 0) is 0 Å². The van der Waals surface area contributed by atoms with E-state index in [0.717, 1.165) is 0 Å². The van der Waals surface area contributed by atoms with Gasteiger partial charge >= 0.3 is 0 Å². The zero-order valence-corrected chi connectivity index (χ0v) is 9.15. The zero-order chi connectivity index (χ0) is 11.2. The lowest BCUT2D eigenvalue weighted by atomic mass is 10.4. The Kier molecular flexibility index (Phi) is 3.40. The van der Waals surface area contributed by atoms with Crippen molar-refractivity contribution in [2.75, 3.05) is 0 Å². The Balaban J connectivity index is 1.93. The maximum Gasteiger partial charge on any atom is 0.281 e. The van der Waals surface area contributed by atoms with Gasteiger partial charge in [-0.3, -0.25) is 9.78 Å². The van der Waals surface area contributed by atoms with Crippen molar-refractivity contribution in [3.05, 3.63) is 52.5 Å². The van der Waals surface area contributed by atoms with Crippen molar-refractivity contribution in [2.45, 2.75) is 0 Å². The average Bonchev–Trinajstić information content (AvgIpc) is 2.84. The van der Waals surface area contributed by atoms with E-state index in [4.69, 9.17) is 0 Å². The van der Waals surface area contributed by atoms with E-state index in [9.17, 15) is 4.79 Å². The summed E-state index contributed by atoms with van der Waals surface area (Å²) in [4.78, 5) is 16.1. The number of nitrogens with zero attached hydrogens (tertiary/aromatic N) is 2. The van der Waals surface area contributed by atoms with E-state index >= 15 is 0 Å². The topological polar surface area (TPSA) is 54.4 Å². The number of carbonyl (C=O) groups is 1. The number of rotatable bonds is 3. The second-order valence-electron chi connectivity index (χ2n) is 2.93. The van der Waals surface area contributed by atoms with Gasteiger partial charge in [0.05, 0.1) is 16.8 Å². The number of nitrogens with one attached hydrogen (secondary N) is 1. The van der Waals surface area contributed by atoms with Gasteiger partial charge in [-0.15, -0.1) is 11.3 Å². The van der Waals surface area contributed by atoms with Gasteiger partial charge in [0.25, 0.3) is 5.91 Å². The van der Waals surface area contributed by atoms with Crippen molar-refractivity contribution in [3.8, 4) is 0 Å². The van der Waals surface area contributed by atoms with Crippen LogP contribution in [0, 0.1) is 0 Å². The van der Waals surface area contributed by atoms with Crippen molar-refractivity contribution in [1.29, 1.82) is 0 Å². The number of thiophene rings is 1. The highest BCUT2D eigenvalue weighted by atomic mass is 32.1. The summed E-state index contributed by atoms with van der Waals surface area (Å²) in [5.41, 5.74) is 3.14. The van der Waals surface area contributed by atoms with Crippen LogP contribution in [0.2, 0.25) is 0 Å². The lowest BCUT2D eigenvalue weighted by molar-refractivity contribution is 0.0959. The van der Waals surface area contributed by atoms with Gasteiger partial charge < -0.3 is 0 Å². The maximum absolute atomic E-state index is 11.5. The van der Waals surface area contributed by atoms with E-state index in [0.29, 0.717) is 10.6 Å². The van der Waals surface area contributed by atoms with Gasteiger partial charge in [0, 0.05) is 6.20 Å². The highest BCUT2D eigenvalue weighted by Crippen LogP contribution is 2.07. The first-order valence-corrected chi connectivity index (χ1v) is 5.52. The van der Waals surface area contributed by atoms with Crippen molar-refractivity contribution >= 4 is 23.5 Å². The zero-order valence-electron chi connectivity index (χ0n) is 8.33. The van der Waals surface area contributed by atoms with Crippen LogP contribution in [0.4, 0.5) is 0 Å². The molecule has 80 valence electrons. The molecular formula is C11H9N3OS. The quantitative estimate of drug-likeness (QED) is 0.648. The Labute approximate surface area is 96.7 Å². The molecule has 0 aromatic carbocycles. The molecule has 5 heteroatoms. The first kappa shape index (κ1) is 10.5. The molecule has 0 saturated carbocycles. The molecule has 0 aliphatic heterocycles. The Hall–Kier alpha value is -2.01. The maximum atomic E-state index is 11.5. The third-order valence-electron chi connectivity index (χ3n) is 1.80. The van der Waals surface area contributed by atoms with E-state index in [2.05, 4.69) is 15.5 Å². The average molecular weight is 231 g/mol. The summed E-state index contributed by atoms with van der Waals surface area (Å²) in [6.07, 6.45) is 3.17. The second kappa shape index (κ2) is 5.18. The molecule has 4 nitrogen and oxygen atoms in total. The van der Waals surface area contributed by atoms with Gasteiger partial charge in [-0.1, -0.05) is 12.1 Å². The number of carbonyl (C=O) groups excluding carboxylic acids is 1. The Morgan fingerprint density at radius 1 is 1.38 bits per heavy atom. The molecule has 0 spiro atoms. The first-order chi connectivity index (χ1) is 7.86. The largest absolute Gasteiger partial charge is 0.281 e. The van der Waals surface area contributed by atoms with Gasteiger partial charge in [0.1, 0.15) is 0 Å². The van der Waals surface area contributed by atoms with E-state index in [1.807, 2.05) is 23.6 Å². The second-order valence-corrected chi connectivity index (χ2v) is 3.88. The van der Waals surface area contributed by atoms with E-state index in [-0.39, 0.29) is 5.91 Å². The van der Waals surface area contributed by atoms with E-state index in [1.54, 1.807) is 18.3 Å². The van der Waals surface area contributed by atoms with Crippen molar-refractivity contribution in [2.24, 2.45) is 5.10 Å². The van der Waals surface area contributed by atoms with E-state index in [1.165, 1.54) is 17.6 Å². The van der Waals surface area contributed by atoms with Gasteiger partial charge in [-0.05, 0) is 23.6 Å². The van der Waals surface area contributed by atoms with Crippen LogP contribution in [0.3, 0.4) is 0 Å². The summed E-state index contributed by atoms with van der Waals surface area (Å²) in [7, 11) is 0. The number of pyridine rings is 1. The summed E-state index contributed by atoms with van der Waals surface area (Å²) in [6.45, 7) is 0. The molecule has 0 saturated heterocycles. The van der Waals surface area contributed by atoms with Crippen LogP contribution in [0.15, 0.2) is 47.0 Å². The fraction of sp³-hybridized carbons (Fsp3) is 0. The lowest BCUT2D eigenvalue weighted by Crippen LogP contribution is -2.16. The molecule has 2 rings (SSSR count). The van der Waals surface area contributed by atoms with Crippen molar-refractivity contribution < 1.29 is 4.79 Å². The fourth-order valence-corrected chi connectivity index (χ4v) is 1.69. The highest BCUT2D eigenvalue weighted by Gasteiger charge is 2.03. The molecule has 1 N–H and O–H groups in total. The molecule has 0 aliphatic carbocycles.